The molecule has 0 amide bonds. The number of hydrogen-bond acceptors (Lipinski definition) is 2. The van der Waals surface area contributed by atoms with Crippen LogP contribution in [-0.4, -0.2) is 15.3 Å². The normalized spacial score (nSPS) is 12.1. The molecule has 0 heterocycles. The molecule has 1 unspecified atom stereocenters. The minimum absolute atomic E-state index is 0.0581. The lowest BCUT2D eigenvalue weighted by Gasteiger charge is -2.08. The zero-order valence-electron chi connectivity index (χ0n) is 10.5. The van der Waals surface area contributed by atoms with Gasteiger partial charge in [0.05, 0.1) is 32.0 Å². The second-order valence-corrected chi connectivity index (χ2v) is 6.89. The molecule has 0 radical (unpaired) electrons. The quantitative estimate of drug-likeness (QED) is 0.848. The van der Waals surface area contributed by atoms with Crippen molar-refractivity contribution < 1.29 is 18.5 Å². The van der Waals surface area contributed by atoms with E-state index in [0.717, 1.165) is 0 Å². The van der Waals surface area contributed by atoms with Crippen LogP contribution < -0.4 is 0 Å². The summed E-state index contributed by atoms with van der Waals surface area (Å²) in [4.78, 5) is 11.3. The summed E-state index contributed by atoms with van der Waals surface area (Å²) in [5.41, 5.74) is 0.108. The van der Waals surface area contributed by atoms with Gasteiger partial charge in [-0.3, -0.25) is 4.21 Å². The summed E-state index contributed by atoms with van der Waals surface area (Å²) < 4.78 is 26.8. The highest BCUT2D eigenvalue weighted by Crippen LogP contribution is 2.24. The molecule has 0 bridgehead atoms. The maximum atomic E-state index is 13.8. The van der Waals surface area contributed by atoms with Crippen molar-refractivity contribution in [2.45, 2.75) is 10.6 Å². The van der Waals surface area contributed by atoms with Crippen LogP contribution in [0.2, 0.25) is 5.02 Å². The Kier molecular flexibility index (Phi) is 5.13. The summed E-state index contributed by atoms with van der Waals surface area (Å²) in [5, 5.41) is 9.07. The maximum Gasteiger partial charge on any atom is 0.336 e. The number of hydrogen-bond donors (Lipinski definition) is 1. The van der Waals surface area contributed by atoms with Crippen molar-refractivity contribution in [2.24, 2.45) is 0 Å². The SMILES string of the molecule is O=C(O)c1ccc(Br)cc1S(=O)Cc1cccc(Cl)c1F. The van der Waals surface area contributed by atoms with Gasteiger partial charge in [0, 0.05) is 10.0 Å². The van der Waals surface area contributed by atoms with Crippen LogP contribution in [-0.2, 0) is 16.6 Å². The molecule has 0 aromatic heterocycles. The van der Waals surface area contributed by atoms with Gasteiger partial charge in [-0.05, 0) is 24.3 Å². The average molecular weight is 392 g/mol. The number of rotatable bonds is 4. The molecule has 3 nitrogen and oxygen atoms in total. The van der Waals surface area contributed by atoms with Gasteiger partial charge in [-0.2, -0.15) is 0 Å². The number of carbonyl (C=O) groups is 1. The van der Waals surface area contributed by atoms with E-state index >= 15 is 0 Å². The molecule has 110 valence electrons. The molecule has 0 aliphatic heterocycles. The largest absolute Gasteiger partial charge is 0.478 e. The third-order valence-electron chi connectivity index (χ3n) is 2.74. The summed E-state index contributed by atoms with van der Waals surface area (Å²) in [6, 6.07) is 8.78. The highest BCUT2D eigenvalue weighted by atomic mass is 79.9. The van der Waals surface area contributed by atoms with E-state index in [1.165, 1.54) is 24.3 Å². The fourth-order valence-corrected chi connectivity index (χ4v) is 3.77. The molecule has 0 saturated carbocycles. The molecule has 0 saturated heterocycles. The van der Waals surface area contributed by atoms with Gasteiger partial charge < -0.3 is 5.11 Å². The lowest BCUT2D eigenvalue weighted by Crippen LogP contribution is -2.07. The van der Waals surface area contributed by atoms with E-state index in [0.29, 0.717) is 4.47 Å². The van der Waals surface area contributed by atoms with Gasteiger partial charge in [0.25, 0.3) is 0 Å². The maximum absolute atomic E-state index is 13.8. The van der Waals surface area contributed by atoms with Crippen LogP contribution in [0.5, 0.6) is 0 Å². The van der Waals surface area contributed by atoms with Crippen LogP contribution in [0.3, 0.4) is 0 Å². The first-order chi connectivity index (χ1) is 9.90. The third-order valence-corrected chi connectivity index (χ3v) is 4.92. The van der Waals surface area contributed by atoms with Crippen LogP contribution in [0.25, 0.3) is 0 Å². The summed E-state index contributed by atoms with van der Waals surface area (Å²) in [6.07, 6.45) is 0. The minimum Gasteiger partial charge on any atom is -0.478 e. The summed E-state index contributed by atoms with van der Waals surface area (Å²) >= 11 is 8.88. The van der Waals surface area contributed by atoms with Crippen LogP contribution >= 0.6 is 27.5 Å². The van der Waals surface area contributed by atoms with Gasteiger partial charge in [0.15, 0.2) is 0 Å². The monoisotopic (exact) mass is 390 g/mol. The number of benzene rings is 2. The predicted octanol–water partition coefficient (Wildman–Crippen LogP) is 4.25. The van der Waals surface area contributed by atoms with Gasteiger partial charge in [0.1, 0.15) is 5.82 Å². The highest BCUT2D eigenvalue weighted by molar-refractivity contribution is 9.10. The molecular formula is C14H9BrClFO3S. The molecule has 2 aromatic carbocycles. The Morgan fingerprint density at radius 2 is 2.05 bits per heavy atom. The van der Waals surface area contributed by atoms with E-state index in [9.17, 15) is 13.4 Å². The summed E-state index contributed by atoms with van der Waals surface area (Å²) in [6.45, 7) is 0. The lowest BCUT2D eigenvalue weighted by atomic mass is 10.2. The fourth-order valence-electron chi connectivity index (χ4n) is 1.74. The molecule has 21 heavy (non-hydrogen) atoms. The van der Waals surface area contributed by atoms with E-state index in [4.69, 9.17) is 16.7 Å². The van der Waals surface area contributed by atoms with Crippen molar-refractivity contribution in [1.82, 2.24) is 0 Å². The number of carboxylic acids is 1. The molecule has 1 atom stereocenters. The lowest BCUT2D eigenvalue weighted by molar-refractivity contribution is 0.0693. The highest BCUT2D eigenvalue weighted by Gasteiger charge is 2.18. The number of halogens is 3. The van der Waals surface area contributed by atoms with Crippen molar-refractivity contribution in [3.63, 3.8) is 0 Å². The van der Waals surface area contributed by atoms with Gasteiger partial charge >= 0.3 is 5.97 Å². The van der Waals surface area contributed by atoms with Crippen LogP contribution in [0.1, 0.15) is 15.9 Å². The Morgan fingerprint density at radius 1 is 1.33 bits per heavy atom. The fraction of sp³-hybridized carbons (Fsp3) is 0.0714. The van der Waals surface area contributed by atoms with Crippen molar-refractivity contribution in [1.29, 1.82) is 0 Å². The first-order valence-electron chi connectivity index (χ1n) is 5.74. The van der Waals surface area contributed by atoms with Crippen LogP contribution in [0, 0.1) is 5.82 Å². The van der Waals surface area contributed by atoms with Gasteiger partial charge in [-0.1, -0.05) is 39.7 Å². The van der Waals surface area contributed by atoms with E-state index in [-0.39, 0.29) is 26.8 Å². The molecular weight excluding hydrogens is 383 g/mol. The van der Waals surface area contributed by atoms with Gasteiger partial charge in [-0.25, -0.2) is 9.18 Å². The molecule has 0 aliphatic carbocycles. The van der Waals surface area contributed by atoms with E-state index in [1.807, 2.05) is 0 Å². The molecule has 0 spiro atoms. The topological polar surface area (TPSA) is 54.4 Å². The average Bonchev–Trinajstić information content (AvgIpc) is 2.43. The zero-order valence-corrected chi connectivity index (χ0v) is 13.6. The Hall–Kier alpha value is -1.24. The van der Waals surface area contributed by atoms with Gasteiger partial charge in [-0.15, -0.1) is 0 Å². The molecule has 2 rings (SSSR count). The van der Waals surface area contributed by atoms with E-state index in [2.05, 4.69) is 15.9 Å². The van der Waals surface area contributed by atoms with Crippen molar-refractivity contribution in [3.8, 4) is 0 Å². The van der Waals surface area contributed by atoms with Crippen molar-refractivity contribution in [3.05, 3.63) is 62.8 Å². The first kappa shape index (κ1) is 16.1. The smallest absolute Gasteiger partial charge is 0.336 e. The molecule has 0 aliphatic rings. The van der Waals surface area contributed by atoms with Crippen LogP contribution in [0.15, 0.2) is 45.8 Å². The van der Waals surface area contributed by atoms with Gasteiger partial charge in [0.2, 0.25) is 0 Å². The first-order valence-corrected chi connectivity index (χ1v) is 8.23. The number of aromatic carboxylic acids is 1. The van der Waals surface area contributed by atoms with E-state index < -0.39 is 22.6 Å². The minimum atomic E-state index is -1.70. The predicted molar refractivity (Wildman–Crippen MR) is 82.6 cm³/mol. The summed E-state index contributed by atoms with van der Waals surface area (Å²) in [7, 11) is -1.70. The Balaban J connectivity index is 2.39. The van der Waals surface area contributed by atoms with E-state index in [1.54, 1.807) is 12.1 Å². The Labute approximate surface area is 136 Å². The molecule has 7 heteroatoms. The van der Waals surface area contributed by atoms with Crippen LogP contribution in [0.4, 0.5) is 4.39 Å². The Bertz CT molecular complexity index is 736. The second-order valence-electron chi connectivity index (χ2n) is 4.15. The summed E-state index contributed by atoms with van der Waals surface area (Å²) in [5.74, 6) is -1.97. The Morgan fingerprint density at radius 3 is 2.71 bits per heavy atom. The molecule has 0 fully saturated rings. The van der Waals surface area contributed by atoms with Crippen molar-refractivity contribution >= 4 is 44.3 Å². The second kappa shape index (κ2) is 6.68. The number of carboxylic acid groups (broad SMARTS) is 1. The molecule has 2 aromatic rings. The molecule has 1 N–H and O–H groups in total. The zero-order chi connectivity index (χ0) is 15.6. The van der Waals surface area contributed by atoms with Crippen molar-refractivity contribution in [2.75, 3.05) is 0 Å². The third kappa shape index (κ3) is 3.70. The standard InChI is InChI=1S/C14H9BrClFO3S/c15-9-4-5-10(14(18)19)12(6-9)21(20)7-8-2-1-3-11(16)13(8)17/h1-6H,7H2,(H,18,19).